The Morgan fingerprint density at radius 1 is 1.16 bits per heavy atom. The van der Waals surface area contributed by atoms with Crippen molar-refractivity contribution in [3.63, 3.8) is 0 Å². The van der Waals surface area contributed by atoms with Gasteiger partial charge in [0, 0.05) is 18.2 Å². The molecule has 4 nitrogen and oxygen atoms in total. The number of hydrogen-bond acceptors (Lipinski definition) is 4. The van der Waals surface area contributed by atoms with Crippen LogP contribution >= 0.6 is 0 Å². The third-order valence-electron chi connectivity index (χ3n) is 4.41. The third kappa shape index (κ3) is 4.28. The van der Waals surface area contributed by atoms with Crippen molar-refractivity contribution < 1.29 is 13.2 Å². The first kappa shape index (κ1) is 17.7. The number of aryl methyl sites for hydroxylation is 1. The fraction of sp³-hybridized carbons (Fsp3) is 0.444. The molecule has 1 aromatic heterocycles. The molecule has 134 valence electrons. The van der Waals surface area contributed by atoms with E-state index in [0.717, 1.165) is 31.0 Å². The van der Waals surface area contributed by atoms with Crippen molar-refractivity contribution in [3.8, 4) is 11.3 Å². The Balaban J connectivity index is 1.91. The van der Waals surface area contributed by atoms with E-state index in [1.165, 1.54) is 0 Å². The fourth-order valence-electron chi connectivity index (χ4n) is 3.06. The van der Waals surface area contributed by atoms with Crippen LogP contribution in [0.25, 0.3) is 11.3 Å². The van der Waals surface area contributed by atoms with E-state index < -0.39 is 11.7 Å². The normalized spacial score (nSPS) is 19.0. The molecule has 2 heterocycles. The van der Waals surface area contributed by atoms with E-state index in [1.54, 1.807) is 12.1 Å². The van der Waals surface area contributed by atoms with Crippen LogP contribution in [-0.4, -0.2) is 41.3 Å². The van der Waals surface area contributed by atoms with Gasteiger partial charge in [-0.3, -0.25) is 0 Å². The summed E-state index contributed by atoms with van der Waals surface area (Å²) in [5, 5.41) is 10.8. The van der Waals surface area contributed by atoms with Gasteiger partial charge in [0.2, 0.25) is 0 Å². The number of rotatable bonds is 3. The van der Waals surface area contributed by atoms with Crippen LogP contribution in [0, 0.1) is 6.92 Å². The molecule has 1 aliphatic rings. The Bertz CT molecular complexity index is 728. The highest BCUT2D eigenvalue weighted by atomic mass is 19.4. The van der Waals surface area contributed by atoms with E-state index in [2.05, 4.69) is 20.4 Å². The van der Waals surface area contributed by atoms with Gasteiger partial charge in [-0.1, -0.05) is 29.8 Å². The van der Waals surface area contributed by atoms with Crippen molar-refractivity contribution >= 4 is 5.82 Å². The van der Waals surface area contributed by atoms with E-state index in [9.17, 15) is 13.2 Å². The average Bonchev–Trinajstić information content (AvgIpc) is 2.55. The highest BCUT2D eigenvalue weighted by molar-refractivity contribution is 5.62. The topological polar surface area (TPSA) is 41.0 Å². The molecule has 0 radical (unpaired) electrons. The Morgan fingerprint density at radius 2 is 1.88 bits per heavy atom. The molecule has 1 fully saturated rings. The molecule has 0 spiro atoms. The smallest absolute Gasteiger partial charge is 0.364 e. The number of anilines is 1. The molecule has 1 N–H and O–H groups in total. The monoisotopic (exact) mass is 350 g/mol. The van der Waals surface area contributed by atoms with Crippen molar-refractivity contribution in [2.75, 3.05) is 25.5 Å². The molecule has 1 saturated heterocycles. The highest BCUT2D eigenvalue weighted by Gasteiger charge is 2.36. The molecule has 1 aromatic carbocycles. The number of hydrogen-bond donors (Lipinski definition) is 1. The molecule has 0 bridgehead atoms. The number of nitrogens with one attached hydrogen (secondary N) is 1. The van der Waals surface area contributed by atoms with Crippen LogP contribution in [0.1, 0.15) is 24.0 Å². The lowest BCUT2D eigenvalue weighted by molar-refractivity contribution is -0.137. The summed E-state index contributed by atoms with van der Waals surface area (Å²) < 4.78 is 40.6. The maximum absolute atomic E-state index is 13.5. The van der Waals surface area contributed by atoms with Gasteiger partial charge in [-0.15, -0.1) is 10.2 Å². The lowest BCUT2D eigenvalue weighted by atomic mass is 10.1. The second-order valence-electron chi connectivity index (χ2n) is 6.60. The maximum atomic E-state index is 13.5. The fourth-order valence-corrected chi connectivity index (χ4v) is 3.06. The predicted molar refractivity (Wildman–Crippen MR) is 91.3 cm³/mol. The summed E-state index contributed by atoms with van der Waals surface area (Å²) in [6.07, 6.45) is -2.72. The SMILES string of the molecule is Cc1ccc(-c2cc(C(F)(F)F)c(N[C@@H]3CCCN(C)C3)nn2)cc1. The molecule has 3 rings (SSSR count). The second-order valence-corrected chi connectivity index (χ2v) is 6.60. The molecule has 0 amide bonds. The Labute approximate surface area is 145 Å². The van der Waals surface area contributed by atoms with Crippen LogP contribution in [0.3, 0.4) is 0 Å². The van der Waals surface area contributed by atoms with Crippen LogP contribution in [0.15, 0.2) is 30.3 Å². The van der Waals surface area contributed by atoms with Gasteiger partial charge in [-0.25, -0.2) is 0 Å². The largest absolute Gasteiger partial charge is 0.420 e. The molecular weight excluding hydrogens is 329 g/mol. The van der Waals surface area contributed by atoms with Gasteiger partial charge in [0.1, 0.15) is 5.56 Å². The van der Waals surface area contributed by atoms with Crippen molar-refractivity contribution in [2.24, 2.45) is 0 Å². The van der Waals surface area contributed by atoms with Crippen LogP contribution in [0.4, 0.5) is 19.0 Å². The molecule has 1 atom stereocenters. The first-order valence-corrected chi connectivity index (χ1v) is 8.30. The molecule has 0 unspecified atom stereocenters. The molecule has 0 saturated carbocycles. The minimum absolute atomic E-state index is 0.0561. The summed E-state index contributed by atoms with van der Waals surface area (Å²) >= 11 is 0. The first-order valence-electron chi connectivity index (χ1n) is 8.30. The standard InChI is InChI=1S/C18H21F3N4/c1-12-5-7-13(8-6-12)16-10-15(18(19,20)21)17(24-23-16)22-14-4-3-9-25(2)11-14/h5-8,10,14H,3-4,9,11H2,1-2H3,(H,22,24)/t14-/m1/s1. The molecule has 0 aliphatic carbocycles. The number of halogens is 3. The Hall–Kier alpha value is -2.15. The molecule has 25 heavy (non-hydrogen) atoms. The number of likely N-dealkylation sites (tertiary alicyclic amines) is 1. The molecule has 7 heteroatoms. The zero-order chi connectivity index (χ0) is 18.0. The Morgan fingerprint density at radius 3 is 2.52 bits per heavy atom. The second kappa shape index (κ2) is 7.00. The number of piperidine rings is 1. The summed E-state index contributed by atoms with van der Waals surface area (Å²) in [5.41, 5.74) is 1.10. The summed E-state index contributed by atoms with van der Waals surface area (Å²) in [5.74, 6) is -0.191. The van der Waals surface area contributed by atoms with E-state index in [1.807, 2.05) is 26.1 Å². The summed E-state index contributed by atoms with van der Waals surface area (Å²) in [6, 6.07) is 8.21. The van der Waals surface area contributed by atoms with Crippen LogP contribution in [0.5, 0.6) is 0 Å². The molecule has 2 aromatic rings. The molecular formula is C18H21F3N4. The van der Waals surface area contributed by atoms with E-state index in [-0.39, 0.29) is 17.6 Å². The predicted octanol–water partition coefficient (Wildman–Crippen LogP) is 3.98. The number of nitrogens with zero attached hydrogens (tertiary/aromatic N) is 3. The minimum atomic E-state index is -4.49. The summed E-state index contributed by atoms with van der Waals surface area (Å²) in [6.45, 7) is 3.58. The number of likely N-dealkylation sites (N-methyl/N-ethyl adjacent to an activating group) is 1. The first-order chi connectivity index (χ1) is 11.8. The van der Waals surface area contributed by atoms with Gasteiger partial charge >= 0.3 is 6.18 Å². The van der Waals surface area contributed by atoms with Crippen molar-refractivity contribution in [1.82, 2.24) is 15.1 Å². The van der Waals surface area contributed by atoms with E-state index in [0.29, 0.717) is 12.1 Å². The highest BCUT2D eigenvalue weighted by Crippen LogP contribution is 2.36. The number of benzene rings is 1. The lowest BCUT2D eigenvalue weighted by Gasteiger charge is -2.31. The van der Waals surface area contributed by atoms with Crippen LogP contribution < -0.4 is 5.32 Å². The third-order valence-corrected chi connectivity index (χ3v) is 4.41. The Kier molecular flexibility index (Phi) is 4.94. The zero-order valence-electron chi connectivity index (χ0n) is 14.3. The number of alkyl halides is 3. The summed E-state index contributed by atoms with van der Waals surface area (Å²) in [4.78, 5) is 2.10. The minimum Gasteiger partial charge on any atom is -0.364 e. The van der Waals surface area contributed by atoms with Crippen LogP contribution in [-0.2, 0) is 6.18 Å². The van der Waals surface area contributed by atoms with Gasteiger partial charge in [-0.2, -0.15) is 13.2 Å². The van der Waals surface area contributed by atoms with Crippen molar-refractivity contribution in [3.05, 3.63) is 41.5 Å². The van der Waals surface area contributed by atoms with Gasteiger partial charge in [-0.05, 0) is 39.4 Å². The van der Waals surface area contributed by atoms with Gasteiger partial charge in [0.05, 0.1) is 5.69 Å². The lowest BCUT2D eigenvalue weighted by Crippen LogP contribution is -2.40. The van der Waals surface area contributed by atoms with Gasteiger partial charge < -0.3 is 10.2 Å². The van der Waals surface area contributed by atoms with Gasteiger partial charge in [0.25, 0.3) is 0 Å². The summed E-state index contributed by atoms with van der Waals surface area (Å²) in [7, 11) is 1.96. The molecule has 1 aliphatic heterocycles. The maximum Gasteiger partial charge on any atom is 0.420 e. The quantitative estimate of drug-likeness (QED) is 0.909. The zero-order valence-corrected chi connectivity index (χ0v) is 14.3. The van der Waals surface area contributed by atoms with Crippen LogP contribution in [0.2, 0.25) is 0 Å². The number of aromatic nitrogens is 2. The van der Waals surface area contributed by atoms with E-state index in [4.69, 9.17) is 0 Å². The van der Waals surface area contributed by atoms with Crippen molar-refractivity contribution in [1.29, 1.82) is 0 Å². The van der Waals surface area contributed by atoms with Gasteiger partial charge in [0.15, 0.2) is 5.82 Å². The average molecular weight is 350 g/mol. The van der Waals surface area contributed by atoms with E-state index >= 15 is 0 Å². The van der Waals surface area contributed by atoms with Crippen molar-refractivity contribution in [2.45, 2.75) is 32.0 Å².